The molecule has 0 atom stereocenters. The van der Waals surface area contributed by atoms with Gasteiger partial charge in [0.1, 0.15) is 11.5 Å². The fourth-order valence-corrected chi connectivity index (χ4v) is 5.52. The number of phenolic OH excluding ortho intramolecular Hbond substituents is 1. The van der Waals surface area contributed by atoms with Crippen molar-refractivity contribution in [1.29, 1.82) is 0 Å². The normalized spacial score (nSPS) is 13.9. The van der Waals surface area contributed by atoms with Crippen molar-refractivity contribution in [3.8, 4) is 5.75 Å². The first-order valence-corrected chi connectivity index (χ1v) is 20.3. The Labute approximate surface area is 290 Å². The summed E-state index contributed by atoms with van der Waals surface area (Å²) in [6.07, 6.45) is 19.7. The summed E-state index contributed by atoms with van der Waals surface area (Å²) in [5, 5.41) is 22.9. The first-order chi connectivity index (χ1) is 20.9. The number of nitrogens with one attached hydrogen (secondary N) is 1. The lowest BCUT2D eigenvalue weighted by Crippen LogP contribution is -2.25. The topological polar surface area (TPSA) is 52.5 Å². The molecular weight excluding hydrogens is 599 g/mol. The first-order valence-electron chi connectivity index (χ1n) is 17.2. The van der Waals surface area contributed by atoms with Crippen LogP contribution in [-0.4, -0.2) is 35.8 Å². The minimum atomic E-state index is 0.331. The smallest absolute Gasteiger partial charge is 0.133 e. The number of thiol groups is 1. The number of aliphatic hydroxyl groups excluding tert-OH is 1. The molecule has 262 valence electrons. The van der Waals surface area contributed by atoms with Gasteiger partial charge >= 0.3 is 0 Å². The molecular formula is C38H75NO2S3. The van der Waals surface area contributed by atoms with E-state index < -0.39 is 0 Å². The summed E-state index contributed by atoms with van der Waals surface area (Å²) < 4.78 is 0. The predicted octanol–water partition coefficient (Wildman–Crippen LogP) is 13.6. The molecule has 0 aromatic heterocycles. The van der Waals surface area contributed by atoms with Gasteiger partial charge in [-0.3, -0.25) is 0 Å². The van der Waals surface area contributed by atoms with E-state index in [1.165, 1.54) is 50.5 Å². The Balaban J connectivity index is -0.000000253. The molecule has 44 heavy (non-hydrogen) atoms. The average molecular weight is 674 g/mol. The number of allylic oxidation sites excluding steroid dienone is 3. The van der Waals surface area contributed by atoms with Crippen LogP contribution in [0.25, 0.3) is 0 Å². The molecule has 0 unspecified atom stereocenters. The van der Waals surface area contributed by atoms with Crippen LogP contribution in [0.1, 0.15) is 158 Å². The van der Waals surface area contributed by atoms with Crippen molar-refractivity contribution in [2.45, 2.75) is 163 Å². The predicted molar refractivity (Wildman–Crippen MR) is 213 cm³/mol. The van der Waals surface area contributed by atoms with E-state index in [0.717, 1.165) is 34.2 Å². The van der Waals surface area contributed by atoms with E-state index in [4.69, 9.17) is 0 Å². The lowest BCUT2D eigenvalue weighted by Gasteiger charge is -2.18. The number of benzene rings is 1. The zero-order valence-electron chi connectivity index (χ0n) is 31.7. The second-order valence-electron chi connectivity index (χ2n) is 11.4. The molecule has 0 aliphatic heterocycles. The van der Waals surface area contributed by atoms with Crippen molar-refractivity contribution in [2.24, 2.45) is 5.41 Å². The van der Waals surface area contributed by atoms with Crippen molar-refractivity contribution in [2.75, 3.05) is 19.6 Å². The van der Waals surface area contributed by atoms with Gasteiger partial charge in [0.15, 0.2) is 0 Å². The highest BCUT2D eigenvalue weighted by Crippen LogP contribution is 2.34. The summed E-state index contributed by atoms with van der Waals surface area (Å²) >= 11 is 7.42. The van der Waals surface area contributed by atoms with Crippen molar-refractivity contribution < 1.29 is 10.2 Å². The van der Waals surface area contributed by atoms with Crippen LogP contribution >= 0.6 is 36.2 Å². The molecule has 1 fully saturated rings. The number of thioether (sulfide) groups is 2. The third-order valence-corrected chi connectivity index (χ3v) is 8.70. The highest BCUT2D eigenvalue weighted by Gasteiger charge is 2.13. The molecule has 0 radical (unpaired) electrons. The molecule has 1 saturated carbocycles. The van der Waals surface area contributed by atoms with Gasteiger partial charge in [-0.1, -0.05) is 120 Å². The molecule has 0 heterocycles. The zero-order chi connectivity index (χ0) is 35.1. The maximum Gasteiger partial charge on any atom is 0.133 e. The zero-order valence-corrected chi connectivity index (χ0v) is 34.2. The van der Waals surface area contributed by atoms with E-state index in [1.807, 2.05) is 73.1 Å². The first kappa shape index (κ1) is 50.2. The fourth-order valence-electron chi connectivity index (χ4n) is 4.12. The number of phenols is 1. The Morgan fingerprint density at radius 1 is 0.977 bits per heavy atom. The molecule has 0 saturated heterocycles. The van der Waals surface area contributed by atoms with E-state index in [2.05, 4.69) is 65.7 Å². The van der Waals surface area contributed by atoms with Crippen LogP contribution in [0.3, 0.4) is 0 Å². The number of rotatable bonds is 8. The van der Waals surface area contributed by atoms with Gasteiger partial charge in [0, 0.05) is 27.2 Å². The Hall–Kier alpha value is -0.690. The summed E-state index contributed by atoms with van der Waals surface area (Å²) in [5.41, 5.74) is 2.51. The molecule has 2 rings (SSSR count). The SMILES string of the molecule is C/C=C\C(O)=C(/CCC(C)(C)C)SC.CC.CC.CC.CNC1CCCCCCC1.CSc1cc(C(C)C)cc(CS)c1O. The molecule has 1 aromatic rings. The molecule has 0 spiro atoms. The Kier molecular flexibility index (Phi) is 38.4. The van der Waals surface area contributed by atoms with E-state index in [9.17, 15) is 10.2 Å². The van der Waals surface area contributed by atoms with Gasteiger partial charge in [-0.05, 0) is 81.2 Å². The van der Waals surface area contributed by atoms with Crippen molar-refractivity contribution in [1.82, 2.24) is 5.32 Å². The number of hydrogen-bond donors (Lipinski definition) is 4. The molecule has 3 nitrogen and oxygen atoms in total. The molecule has 6 heteroatoms. The maximum atomic E-state index is 9.83. The summed E-state index contributed by atoms with van der Waals surface area (Å²) in [7, 11) is 2.09. The minimum absolute atomic E-state index is 0.331. The van der Waals surface area contributed by atoms with Gasteiger partial charge in [-0.2, -0.15) is 12.6 Å². The molecule has 1 aliphatic rings. The Bertz CT molecular complexity index is 797. The van der Waals surface area contributed by atoms with Crippen LogP contribution in [0.15, 0.2) is 39.8 Å². The van der Waals surface area contributed by atoms with Crippen LogP contribution in [0.4, 0.5) is 0 Å². The third-order valence-electron chi connectivity index (χ3n) is 6.71. The van der Waals surface area contributed by atoms with E-state index in [0.29, 0.717) is 28.6 Å². The van der Waals surface area contributed by atoms with Gasteiger partial charge in [0.25, 0.3) is 0 Å². The van der Waals surface area contributed by atoms with Crippen LogP contribution in [-0.2, 0) is 5.75 Å². The third kappa shape index (κ3) is 26.5. The lowest BCUT2D eigenvalue weighted by molar-refractivity contribution is 0.373. The highest BCUT2D eigenvalue weighted by molar-refractivity contribution is 8.02. The van der Waals surface area contributed by atoms with Gasteiger partial charge < -0.3 is 15.5 Å². The summed E-state index contributed by atoms with van der Waals surface area (Å²) in [4.78, 5) is 2.03. The molecule has 0 bridgehead atoms. The second-order valence-corrected chi connectivity index (χ2v) is 13.5. The number of aromatic hydroxyl groups is 1. The molecule has 1 aliphatic carbocycles. The minimum Gasteiger partial charge on any atom is -0.507 e. The van der Waals surface area contributed by atoms with E-state index >= 15 is 0 Å². The van der Waals surface area contributed by atoms with Gasteiger partial charge in [-0.15, -0.1) is 23.5 Å². The van der Waals surface area contributed by atoms with Crippen LogP contribution in [0, 0.1) is 5.41 Å². The maximum absolute atomic E-state index is 9.83. The lowest BCUT2D eigenvalue weighted by atomic mass is 9.90. The summed E-state index contributed by atoms with van der Waals surface area (Å²) in [5.74, 6) is 1.88. The summed E-state index contributed by atoms with van der Waals surface area (Å²) in [6.45, 7) is 24.9. The summed E-state index contributed by atoms with van der Waals surface area (Å²) in [6, 6.07) is 4.91. The monoisotopic (exact) mass is 673 g/mol. The largest absolute Gasteiger partial charge is 0.507 e. The van der Waals surface area contributed by atoms with Crippen molar-refractivity contribution in [3.63, 3.8) is 0 Å². The van der Waals surface area contributed by atoms with E-state index in [1.54, 1.807) is 29.6 Å². The van der Waals surface area contributed by atoms with Gasteiger partial charge in [0.2, 0.25) is 0 Å². The van der Waals surface area contributed by atoms with Crippen LogP contribution in [0.2, 0.25) is 0 Å². The molecule has 1 aromatic carbocycles. The van der Waals surface area contributed by atoms with Crippen molar-refractivity contribution in [3.05, 3.63) is 46.1 Å². The van der Waals surface area contributed by atoms with Crippen molar-refractivity contribution >= 4 is 36.2 Å². The Morgan fingerprint density at radius 3 is 1.84 bits per heavy atom. The standard InChI is InChI=1S/C12H22OS.C11H16OS2.C9H19N.3C2H6/c1-6-7-10(13)11(14-5)8-9-12(2,3)4;1-7(2)8-4-9(6-13)11(12)10(5-8)14-3;1-10-9-7-5-3-2-4-6-8-9;3*1-2/h6-7,13H,8-9H2,1-5H3;4-5,7,12-13H,6H2,1-3H3;9-10H,2-8H2,1H3;3*1-2H3/b7-6-,11-10-;;;;;. The van der Waals surface area contributed by atoms with E-state index in [-0.39, 0.29) is 0 Å². The average Bonchev–Trinajstić information content (AvgIpc) is 3.00. The molecule has 0 amide bonds. The Morgan fingerprint density at radius 2 is 1.48 bits per heavy atom. The quantitative estimate of drug-likeness (QED) is 0.0957. The molecule has 3 N–H and O–H groups in total. The van der Waals surface area contributed by atoms with Gasteiger partial charge in [-0.25, -0.2) is 0 Å². The highest BCUT2D eigenvalue weighted by atomic mass is 32.2. The fraction of sp³-hybridized carbons (Fsp3) is 0.737. The number of hydrogen-bond acceptors (Lipinski definition) is 6. The number of aliphatic hydroxyl groups is 1. The van der Waals surface area contributed by atoms with Gasteiger partial charge in [0.05, 0.1) is 0 Å². The van der Waals surface area contributed by atoms with Crippen LogP contribution in [0.5, 0.6) is 5.75 Å². The van der Waals surface area contributed by atoms with Crippen LogP contribution < -0.4 is 5.32 Å². The second kappa shape index (κ2) is 33.7.